The Labute approximate surface area is 162 Å². The van der Waals surface area contributed by atoms with Crippen LogP contribution in [0.25, 0.3) is 0 Å². The number of nitrogens with two attached hydrogens (primary N) is 1. The molecule has 0 aliphatic rings. The average molecular weight is 375 g/mol. The van der Waals surface area contributed by atoms with Crippen molar-refractivity contribution >= 4 is 0 Å². The number of nitrogens with zero attached hydrogens (tertiary/aromatic N) is 1. The van der Waals surface area contributed by atoms with Gasteiger partial charge in [-0.05, 0) is 43.2 Å². The molecule has 27 heavy (non-hydrogen) atoms. The Morgan fingerprint density at radius 3 is 2.22 bits per heavy atom. The van der Waals surface area contributed by atoms with Crippen LogP contribution in [0.5, 0.6) is 0 Å². The van der Waals surface area contributed by atoms with Crippen LogP contribution < -0.4 is 5.73 Å². The standard InChI is InChI=1S/C22H34N2O3/c1-2-3-4-5-6-18-7-9-19(10-8-18)11-12-20-15-21(27-24-20)13-14-22(23,16-25)17-26/h7-10,15,25-26H,2-6,11-14,16-17,23H2,1H3. The number of aliphatic hydroxyl groups excluding tert-OH is 2. The second-order valence-electron chi connectivity index (χ2n) is 7.59. The van der Waals surface area contributed by atoms with Gasteiger partial charge in [-0.25, -0.2) is 0 Å². The van der Waals surface area contributed by atoms with E-state index in [-0.39, 0.29) is 13.2 Å². The van der Waals surface area contributed by atoms with Crippen molar-refractivity contribution in [3.63, 3.8) is 0 Å². The molecule has 0 aliphatic carbocycles. The lowest BCUT2D eigenvalue weighted by Gasteiger charge is -2.23. The summed E-state index contributed by atoms with van der Waals surface area (Å²) in [6.45, 7) is 1.74. The minimum absolute atomic E-state index is 0.251. The average Bonchev–Trinajstić information content (AvgIpc) is 3.17. The summed E-state index contributed by atoms with van der Waals surface area (Å²) in [5, 5.41) is 22.6. The molecule has 0 spiro atoms. The van der Waals surface area contributed by atoms with Crippen molar-refractivity contribution in [1.82, 2.24) is 5.16 Å². The van der Waals surface area contributed by atoms with Crippen LogP contribution in [-0.2, 0) is 25.7 Å². The topological polar surface area (TPSA) is 92.5 Å². The van der Waals surface area contributed by atoms with E-state index in [1.54, 1.807) is 0 Å². The van der Waals surface area contributed by atoms with Crippen LogP contribution in [0.15, 0.2) is 34.9 Å². The van der Waals surface area contributed by atoms with Gasteiger partial charge in [0.15, 0.2) is 0 Å². The highest BCUT2D eigenvalue weighted by atomic mass is 16.5. The molecule has 0 unspecified atom stereocenters. The summed E-state index contributed by atoms with van der Waals surface area (Å²) in [5.74, 6) is 0.740. The summed E-state index contributed by atoms with van der Waals surface area (Å²) >= 11 is 0. The Morgan fingerprint density at radius 2 is 1.59 bits per heavy atom. The molecule has 150 valence electrons. The Kier molecular flexibility index (Phi) is 8.98. The first-order valence-electron chi connectivity index (χ1n) is 10.1. The summed E-state index contributed by atoms with van der Waals surface area (Å²) < 4.78 is 5.35. The molecule has 2 aromatic rings. The van der Waals surface area contributed by atoms with Crippen molar-refractivity contribution in [2.45, 2.75) is 70.3 Å². The molecule has 1 aromatic carbocycles. The maximum atomic E-state index is 9.24. The van der Waals surface area contributed by atoms with Gasteiger partial charge in [0.1, 0.15) is 5.76 Å². The molecule has 1 heterocycles. The van der Waals surface area contributed by atoms with E-state index in [0.717, 1.165) is 30.7 Å². The first-order chi connectivity index (χ1) is 13.1. The van der Waals surface area contributed by atoms with Gasteiger partial charge < -0.3 is 20.5 Å². The Hall–Kier alpha value is -1.69. The largest absolute Gasteiger partial charge is 0.394 e. The molecule has 2 rings (SSSR count). The molecule has 4 N–H and O–H groups in total. The van der Waals surface area contributed by atoms with E-state index >= 15 is 0 Å². The fourth-order valence-electron chi connectivity index (χ4n) is 3.07. The lowest BCUT2D eigenvalue weighted by atomic mass is 9.96. The van der Waals surface area contributed by atoms with E-state index in [0.29, 0.717) is 12.8 Å². The van der Waals surface area contributed by atoms with E-state index in [1.807, 2.05) is 6.07 Å². The molecule has 0 fully saturated rings. The minimum atomic E-state index is -0.967. The van der Waals surface area contributed by atoms with Gasteiger partial charge in [0.05, 0.1) is 24.4 Å². The molecule has 0 bridgehead atoms. The smallest absolute Gasteiger partial charge is 0.137 e. The fourth-order valence-corrected chi connectivity index (χ4v) is 3.07. The van der Waals surface area contributed by atoms with Crippen molar-refractivity contribution < 1.29 is 14.7 Å². The van der Waals surface area contributed by atoms with E-state index in [9.17, 15) is 10.2 Å². The van der Waals surface area contributed by atoms with E-state index in [4.69, 9.17) is 10.3 Å². The fraction of sp³-hybridized carbons (Fsp3) is 0.591. The first kappa shape index (κ1) is 21.6. The van der Waals surface area contributed by atoms with Gasteiger partial charge >= 0.3 is 0 Å². The lowest BCUT2D eigenvalue weighted by molar-refractivity contribution is 0.113. The van der Waals surface area contributed by atoms with Crippen LogP contribution in [0.4, 0.5) is 0 Å². The van der Waals surface area contributed by atoms with Crippen LogP contribution in [0.3, 0.4) is 0 Å². The molecule has 0 radical (unpaired) electrons. The predicted molar refractivity (Wildman–Crippen MR) is 108 cm³/mol. The number of hydrogen-bond donors (Lipinski definition) is 3. The lowest BCUT2D eigenvalue weighted by Crippen LogP contribution is -2.47. The van der Waals surface area contributed by atoms with Crippen molar-refractivity contribution in [3.8, 4) is 0 Å². The third-order valence-electron chi connectivity index (χ3n) is 5.12. The zero-order valence-electron chi connectivity index (χ0n) is 16.5. The predicted octanol–water partition coefficient (Wildman–Crippen LogP) is 3.20. The SMILES string of the molecule is CCCCCCc1ccc(CCc2cc(CCC(N)(CO)CO)on2)cc1. The van der Waals surface area contributed by atoms with Crippen LogP contribution in [-0.4, -0.2) is 34.1 Å². The summed E-state index contributed by atoms with van der Waals surface area (Å²) in [6.07, 6.45) is 9.11. The van der Waals surface area contributed by atoms with Crippen LogP contribution in [0, 0.1) is 0 Å². The Balaban J connectivity index is 1.76. The highest BCUT2D eigenvalue weighted by molar-refractivity contribution is 5.23. The maximum absolute atomic E-state index is 9.24. The quantitative estimate of drug-likeness (QED) is 0.468. The number of aromatic nitrogens is 1. The highest BCUT2D eigenvalue weighted by Crippen LogP contribution is 2.15. The molecule has 1 aromatic heterocycles. The van der Waals surface area contributed by atoms with E-state index in [2.05, 4.69) is 36.3 Å². The summed E-state index contributed by atoms with van der Waals surface area (Å²) in [6, 6.07) is 10.8. The summed E-state index contributed by atoms with van der Waals surface area (Å²) in [4.78, 5) is 0. The van der Waals surface area contributed by atoms with Gasteiger partial charge in [-0.2, -0.15) is 0 Å². The number of benzene rings is 1. The third kappa shape index (κ3) is 7.45. The number of rotatable bonds is 13. The molecule has 0 saturated carbocycles. The van der Waals surface area contributed by atoms with E-state index in [1.165, 1.54) is 36.8 Å². The van der Waals surface area contributed by atoms with Crippen LogP contribution in [0.1, 0.15) is 61.6 Å². The molecule has 0 saturated heterocycles. The van der Waals surface area contributed by atoms with Gasteiger partial charge in [0.25, 0.3) is 0 Å². The molecule has 5 nitrogen and oxygen atoms in total. The molecule has 0 amide bonds. The minimum Gasteiger partial charge on any atom is -0.394 e. The van der Waals surface area contributed by atoms with Crippen molar-refractivity contribution in [2.75, 3.05) is 13.2 Å². The molecular weight excluding hydrogens is 340 g/mol. The van der Waals surface area contributed by atoms with Crippen molar-refractivity contribution in [2.24, 2.45) is 5.73 Å². The summed E-state index contributed by atoms with van der Waals surface area (Å²) in [5.41, 5.74) is 8.55. The summed E-state index contributed by atoms with van der Waals surface area (Å²) in [7, 11) is 0. The third-order valence-corrected chi connectivity index (χ3v) is 5.12. The Morgan fingerprint density at radius 1 is 0.926 bits per heavy atom. The molecule has 0 aliphatic heterocycles. The highest BCUT2D eigenvalue weighted by Gasteiger charge is 2.23. The van der Waals surface area contributed by atoms with Crippen LogP contribution in [0.2, 0.25) is 0 Å². The molecule has 5 heteroatoms. The van der Waals surface area contributed by atoms with E-state index < -0.39 is 5.54 Å². The first-order valence-corrected chi connectivity index (χ1v) is 10.1. The van der Waals surface area contributed by atoms with Crippen molar-refractivity contribution in [1.29, 1.82) is 0 Å². The Bertz CT molecular complexity index is 648. The number of aryl methyl sites for hydroxylation is 4. The molecular formula is C22H34N2O3. The van der Waals surface area contributed by atoms with Crippen molar-refractivity contribution in [3.05, 3.63) is 52.9 Å². The normalized spacial score (nSPS) is 11.9. The van der Waals surface area contributed by atoms with Gasteiger partial charge in [-0.3, -0.25) is 0 Å². The zero-order valence-corrected chi connectivity index (χ0v) is 16.5. The number of hydrogen-bond acceptors (Lipinski definition) is 5. The van der Waals surface area contributed by atoms with Gasteiger partial charge in [-0.1, -0.05) is 55.6 Å². The second kappa shape index (κ2) is 11.2. The number of unbranched alkanes of at least 4 members (excludes halogenated alkanes) is 3. The second-order valence-corrected chi connectivity index (χ2v) is 7.59. The van der Waals surface area contributed by atoms with Gasteiger partial charge in [0, 0.05) is 12.5 Å². The maximum Gasteiger partial charge on any atom is 0.137 e. The van der Waals surface area contributed by atoms with Gasteiger partial charge in [-0.15, -0.1) is 0 Å². The molecule has 0 atom stereocenters. The van der Waals surface area contributed by atoms with Gasteiger partial charge in [0.2, 0.25) is 0 Å². The zero-order chi connectivity index (χ0) is 19.5. The monoisotopic (exact) mass is 374 g/mol. The van der Waals surface area contributed by atoms with Crippen LogP contribution >= 0.6 is 0 Å². The number of aliphatic hydroxyl groups is 2.